The number of nitrogen functional groups attached to an aromatic ring is 1. The third kappa shape index (κ3) is 4.21. The Morgan fingerprint density at radius 1 is 1.19 bits per heavy atom. The molecule has 0 aliphatic carbocycles. The highest BCUT2D eigenvalue weighted by Crippen LogP contribution is 2.31. The first-order valence-electron chi connectivity index (χ1n) is 5.81. The smallest absolute Gasteiger partial charge is 0.404 e. The monoisotopic (exact) mass is 299 g/mol. The van der Waals surface area contributed by atoms with Gasteiger partial charge in [0.1, 0.15) is 5.82 Å². The molecule has 0 atom stereocenters. The highest BCUT2D eigenvalue weighted by Gasteiger charge is 2.32. The standard InChI is InChI=1S/C12H12F3N5O/c1-7-6-10(19-11(17-7)20-16)18-8-4-2-3-5-9(8)21-12(13,14)15/h2-6H,16H2,1H3,(H2,17,18,19,20). The quantitative estimate of drug-likeness (QED) is 0.594. The SMILES string of the molecule is Cc1cc(Nc2ccccc2OC(F)(F)F)nc(NN)n1. The van der Waals surface area contributed by atoms with E-state index in [2.05, 4.69) is 25.4 Å². The topological polar surface area (TPSA) is 85.1 Å². The Labute approximate surface area is 118 Å². The van der Waals surface area contributed by atoms with E-state index in [1.165, 1.54) is 18.2 Å². The number of alkyl halides is 3. The van der Waals surface area contributed by atoms with Gasteiger partial charge in [0.15, 0.2) is 5.75 Å². The largest absolute Gasteiger partial charge is 0.573 e. The van der Waals surface area contributed by atoms with E-state index in [0.717, 1.165) is 0 Å². The van der Waals surface area contributed by atoms with Crippen molar-refractivity contribution in [3.8, 4) is 5.75 Å². The van der Waals surface area contributed by atoms with Crippen molar-refractivity contribution in [2.45, 2.75) is 13.3 Å². The molecule has 112 valence electrons. The fourth-order valence-electron chi connectivity index (χ4n) is 1.62. The van der Waals surface area contributed by atoms with Gasteiger partial charge in [0.05, 0.1) is 5.69 Å². The predicted octanol–water partition coefficient (Wildman–Crippen LogP) is 2.71. The maximum Gasteiger partial charge on any atom is 0.573 e. The number of halogens is 3. The molecular formula is C12H12F3N5O. The van der Waals surface area contributed by atoms with Crippen LogP contribution in [-0.4, -0.2) is 16.3 Å². The number of nitrogens with two attached hydrogens (primary N) is 1. The molecular weight excluding hydrogens is 287 g/mol. The average molecular weight is 299 g/mol. The summed E-state index contributed by atoms with van der Waals surface area (Å²) in [4.78, 5) is 7.97. The van der Waals surface area contributed by atoms with Gasteiger partial charge < -0.3 is 10.1 Å². The zero-order valence-electron chi connectivity index (χ0n) is 10.9. The van der Waals surface area contributed by atoms with Gasteiger partial charge >= 0.3 is 6.36 Å². The summed E-state index contributed by atoms with van der Waals surface area (Å²) in [5, 5.41) is 2.74. The predicted molar refractivity (Wildman–Crippen MR) is 71.0 cm³/mol. The zero-order valence-corrected chi connectivity index (χ0v) is 10.9. The Kier molecular flexibility index (Phi) is 4.13. The summed E-state index contributed by atoms with van der Waals surface area (Å²) >= 11 is 0. The molecule has 0 amide bonds. The van der Waals surface area contributed by atoms with Crippen molar-refractivity contribution in [1.82, 2.24) is 9.97 Å². The lowest BCUT2D eigenvalue weighted by atomic mass is 10.3. The number of ether oxygens (including phenoxy) is 1. The average Bonchev–Trinajstić information content (AvgIpc) is 2.38. The molecule has 21 heavy (non-hydrogen) atoms. The molecule has 0 bridgehead atoms. The van der Waals surface area contributed by atoms with Gasteiger partial charge in [-0.3, -0.25) is 5.43 Å². The number of nitrogens with zero attached hydrogens (tertiary/aromatic N) is 2. The Balaban J connectivity index is 2.29. The molecule has 0 aliphatic heterocycles. The van der Waals surface area contributed by atoms with Crippen LogP contribution in [0.25, 0.3) is 0 Å². The van der Waals surface area contributed by atoms with E-state index in [1.54, 1.807) is 19.1 Å². The molecule has 2 rings (SSSR count). The van der Waals surface area contributed by atoms with Crippen LogP contribution in [0.2, 0.25) is 0 Å². The Hall–Kier alpha value is -2.55. The molecule has 0 radical (unpaired) electrons. The maximum atomic E-state index is 12.3. The summed E-state index contributed by atoms with van der Waals surface area (Å²) in [5.74, 6) is 5.29. The van der Waals surface area contributed by atoms with E-state index in [9.17, 15) is 13.2 Å². The van der Waals surface area contributed by atoms with Crippen LogP contribution in [0.3, 0.4) is 0 Å². The van der Waals surface area contributed by atoms with E-state index in [1.807, 2.05) is 0 Å². The van der Waals surface area contributed by atoms with Gasteiger partial charge in [-0.15, -0.1) is 13.2 Å². The van der Waals surface area contributed by atoms with E-state index in [-0.39, 0.29) is 23.2 Å². The second kappa shape index (κ2) is 5.83. The van der Waals surface area contributed by atoms with Crippen molar-refractivity contribution in [3.63, 3.8) is 0 Å². The van der Waals surface area contributed by atoms with Gasteiger partial charge in [0.2, 0.25) is 5.95 Å². The number of hydrazine groups is 1. The van der Waals surface area contributed by atoms with Crippen LogP contribution >= 0.6 is 0 Å². The van der Waals surface area contributed by atoms with E-state index in [4.69, 9.17) is 5.84 Å². The summed E-state index contributed by atoms with van der Waals surface area (Å²) in [6.45, 7) is 1.70. The molecule has 0 unspecified atom stereocenters. The van der Waals surface area contributed by atoms with Gasteiger partial charge in [0.25, 0.3) is 0 Å². The van der Waals surface area contributed by atoms with Crippen LogP contribution in [0.5, 0.6) is 5.75 Å². The fraction of sp³-hybridized carbons (Fsp3) is 0.167. The lowest BCUT2D eigenvalue weighted by Crippen LogP contribution is -2.18. The second-order valence-corrected chi connectivity index (χ2v) is 4.03. The van der Waals surface area contributed by atoms with E-state index < -0.39 is 6.36 Å². The van der Waals surface area contributed by atoms with Crippen LogP contribution in [0.15, 0.2) is 30.3 Å². The minimum Gasteiger partial charge on any atom is -0.404 e. The lowest BCUT2D eigenvalue weighted by molar-refractivity contribution is -0.274. The molecule has 2 aromatic rings. The van der Waals surface area contributed by atoms with Crippen molar-refractivity contribution in [1.29, 1.82) is 0 Å². The molecule has 0 aliphatic rings. The van der Waals surface area contributed by atoms with Crippen molar-refractivity contribution in [3.05, 3.63) is 36.0 Å². The number of rotatable bonds is 4. The number of hydrogen-bond acceptors (Lipinski definition) is 6. The minimum atomic E-state index is -4.77. The van der Waals surface area contributed by atoms with Crippen LogP contribution in [0.1, 0.15) is 5.69 Å². The third-order valence-electron chi connectivity index (χ3n) is 2.36. The summed E-state index contributed by atoms with van der Waals surface area (Å²) in [6.07, 6.45) is -4.77. The molecule has 0 fully saturated rings. The first-order valence-corrected chi connectivity index (χ1v) is 5.81. The first kappa shape index (κ1) is 14.9. The van der Waals surface area contributed by atoms with Crippen LogP contribution in [0, 0.1) is 6.92 Å². The normalized spacial score (nSPS) is 11.1. The summed E-state index contributed by atoms with van der Waals surface area (Å²) in [7, 11) is 0. The summed E-state index contributed by atoms with van der Waals surface area (Å²) < 4.78 is 41.0. The number of anilines is 3. The number of para-hydroxylation sites is 2. The Bertz CT molecular complexity index is 633. The number of nitrogens with one attached hydrogen (secondary N) is 2. The fourth-order valence-corrected chi connectivity index (χ4v) is 1.62. The summed E-state index contributed by atoms with van der Waals surface area (Å²) in [6, 6.07) is 7.21. The van der Waals surface area contributed by atoms with Gasteiger partial charge in [-0.2, -0.15) is 4.98 Å². The highest BCUT2D eigenvalue weighted by molar-refractivity contribution is 5.64. The number of aryl methyl sites for hydroxylation is 1. The number of aromatic nitrogens is 2. The van der Waals surface area contributed by atoms with Crippen molar-refractivity contribution < 1.29 is 17.9 Å². The molecule has 9 heteroatoms. The van der Waals surface area contributed by atoms with Crippen molar-refractivity contribution in [2.75, 3.05) is 10.7 Å². The molecule has 4 N–H and O–H groups in total. The van der Waals surface area contributed by atoms with Crippen molar-refractivity contribution in [2.24, 2.45) is 5.84 Å². The van der Waals surface area contributed by atoms with Crippen molar-refractivity contribution >= 4 is 17.5 Å². The van der Waals surface area contributed by atoms with Crippen LogP contribution in [0.4, 0.5) is 30.6 Å². The summed E-state index contributed by atoms with van der Waals surface area (Å²) in [5.41, 5.74) is 2.99. The zero-order chi connectivity index (χ0) is 15.5. The van der Waals surface area contributed by atoms with Gasteiger partial charge in [-0.05, 0) is 19.1 Å². The van der Waals surface area contributed by atoms with Crippen LogP contribution < -0.4 is 21.3 Å². The molecule has 1 aromatic carbocycles. The molecule has 0 saturated carbocycles. The van der Waals surface area contributed by atoms with Crippen LogP contribution in [-0.2, 0) is 0 Å². The Morgan fingerprint density at radius 2 is 1.90 bits per heavy atom. The van der Waals surface area contributed by atoms with Gasteiger partial charge in [-0.25, -0.2) is 10.8 Å². The third-order valence-corrected chi connectivity index (χ3v) is 2.36. The molecule has 6 nitrogen and oxygen atoms in total. The van der Waals surface area contributed by atoms with E-state index >= 15 is 0 Å². The maximum absolute atomic E-state index is 12.3. The molecule has 0 spiro atoms. The molecule has 1 aromatic heterocycles. The molecule has 1 heterocycles. The number of hydrogen-bond donors (Lipinski definition) is 3. The van der Waals surface area contributed by atoms with Gasteiger partial charge in [0, 0.05) is 11.8 Å². The Morgan fingerprint density at radius 3 is 2.57 bits per heavy atom. The lowest BCUT2D eigenvalue weighted by Gasteiger charge is -2.14. The molecule has 0 saturated heterocycles. The van der Waals surface area contributed by atoms with E-state index in [0.29, 0.717) is 5.69 Å². The highest BCUT2D eigenvalue weighted by atomic mass is 19.4. The number of benzene rings is 1. The second-order valence-electron chi connectivity index (χ2n) is 4.03. The minimum absolute atomic E-state index is 0.121. The van der Waals surface area contributed by atoms with Gasteiger partial charge in [-0.1, -0.05) is 12.1 Å². The first-order chi connectivity index (χ1) is 9.87.